The molecule has 2 rings (SSSR count). The van der Waals surface area contributed by atoms with E-state index in [2.05, 4.69) is 29.8 Å². The quantitative estimate of drug-likeness (QED) is 0.689. The number of hydrogen-bond acceptors (Lipinski definition) is 5. The van der Waals surface area contributed by atoms with Gasteiger partial charge in [-0.15, -0.1) is 0 Å². The molecule has 1 aliphatic carbocycles. The topological polar surface area (TPSA) is 58.2 Å². The number of amides is 2. The van der Waals surface area contributed by atoms with E-state index in [1.54, 1.807) is 0 Å². The van der Waals surface area contributed by atoms with Crippen molar-refractivity contribution >= 4 is 35.7 Å². The Balaban J connectivity index is 1.90. The number of nitrogens with one attached hydrogen (secondary N) is 2. The summed E-state index contributed by atoms with van der Waals surface area (Å²) in [7, 11) is 0. The number of imide groups is 1. The van der Waals surface area contributed by atoms with Crippen molar-refractivity contribution in [3.8, 4) is 0 Å². The molecule has 0 bridgehead atoms. The Kier molecular flexibility index (Phi) is 4.38. The van der Waals surface area contributed by atoms with Crippen LogP contribution in [-0.2, 0) is 4.79 Å². The monoisotopic (exact) mass is 274 g/mol. The lowest BCUT2D eigenvalue weighted by molar-refractivity contribution is -0.120. The Morgan fingerprint density at radius 2 is 2.00 bits per heavy atom. The summed E-state index contributed by atoms with van der Waals surface area (Å²) >= 11 is 5.25. The minimum atomic E-state index is -0.197. The fourth-order valence-electron chi connectivity index (χ4n) is 2.74. The lowest BCUT2D eigenvalue weighted by Crippen LogP contribution is -2.35. The molecule has 1 saturated heterocycles. The van der Waals surface area contributed by atoms with Crippen molar-refractivity contribution < 1.29 is 9.59 Å². The Labute approximate surface area is 111 Å². The Morgan fingerprint density at radius 1 is 1.35 bits per heavy atom. The maximum atomic E-state index is 11.6. The fraction of sp³-hybridized carbons (Fsp3) is 0.818. The molecular formula is C11H18N2O2S2. The standard InChI is InChI=1S/C11H18N2O2S2/c1-6(9-10(14)12-11(15)17-9)7-2-4-8(13-16)5-3-7/h6-9,13,16H,2-5H2,1H3,(H,12,14,15)/t6-,7?,8?,9?/m0/s1. The van der Waals surface area contributed by atoms with Gasteiger partial charge in [-0.05, 0) is 37.5 Å². The van der Waals surface area contributed by atoms with Crippen LogP contribution in [0.4, 0.5) is 4.79 Å². The molecule has 0 radical (unpaired) electrons. The minimum absolute atomic E-state index is 0.109. The zero-order valence-corrected chi connectivity index (χ0v) is 11.5. The number of thiol groups is 1. The molecule has 1 unspecified atom stereocenters. The first-order valence-corrected chi connectivity index (χ1v) is 7.35. The fourth-order valence-corrected chi connectivity index (χ4v) is 3.99. The van der Waals surface area contributed by atoms with Gasteiger partial charge in [-0.25, -0.2) is 0 Å². The number of rotatable bonds is 3. The predicted molar refractivity (Wildman–Crippen MR) is 71.9 cm³/mol. The van der Waals surface area contributed by atoms with Crippen LogP contribution < -0.4 is 10.0 Å². The van der Waals surface area contributed by atoms with Crippen molar-refractivity contribution in [2.45, 2.75) is 43.9 Å². The lowest BCUT2D eigenvalue weighted by Gasteiger charge is -2.33. The van der Waals surface area contributed by atoms with Gasteiger partial charge in [0.15, 0.2) is 0 Å². The first kappa shape index (κ1) is 13.2. The number of hydrogen-bond donors (Lipinski definition) is 3. The van der Waals surface area contributed by atoms with Gasteiger partial charge in [0.05, 0.1) is 5.25 Å². The highest BCUT2D eigenvalue weighted by molar-refractivity contribution is 8.15. The molecule has 1 aliphatic heterocycles. The average Bonchev–Trinajstić information content (AvgIpc) is 2.68. The van der Waals surface area contributed by atoms with Crippen molar-refractivity contribution in [2.75, 3.05) is 0 Å². The van der Waals surface area contributed by atoms with Gasteiger partial charge in [-0.1, -0.05) is 31.5 Å². The van der Waals surface area contributed by atoms with E-state index in [9.17, 15) is 9.59 Å². The zero-order valence-electron chi connectivity index (χ0n) is 9.81. The first-order chi connectivity index (χ1) is 8.11. The van der Waals surface area contributed by atoms with E-state index in [1.807, 2.05) is 0 Å². The zero-order chi connectivity index (χ0) is 12.4. The lowest BCUT2D eigenvalue weighted by atomic mass is 9.77. The smallest absolute Gasteiger partial charge is 0.286 e. The predicted octanol–water partition coefficient (Wildman–Crippen LogP) is 1.97. The molecular weight excluding hydrogens is 256 g/mol. The Hall–Kier alpha value is -0.200. The van der Waals surface area contributed by atoms with E-state index in [-0.39, 0.29) is 22.3 Å². The van der Waals surface area contributed by atoms with Crippen LogP contribution in [0.25, 0.3) is 0 Å². The van der Waals surface area contributed by atoms with Crippen LogP contribution in [0.5, 0.6) is 0 Å². The highest BCUT2D eigenvalue weighted by atomic mass is 32.2. The number of carbonyl (C=O) groups is 2. The molecule has 0 spiro atoms. The molecule has 0 aromatic heterocycles. The molecule has 6 heteroatoms. The summed E-state index contributed by atoms with van der Waals surface area (Å²) < 4.78 is 3.00. The highest BCUT2D eigenvalue weighted by Gasteiger charge is 2.39. The third-order valence-corrected chi connectivity index (χ3v) is 5.47. The average molecular weight is 274 g/mol. The van der Waals surface area contributed by atoms with Crippen LogP contribution in [-0.4, -0.2) is 22.4 Å². The molecule has 2 aliphatic rings. The van der Waals surface area contributed by atoms with Crippen molar-refractivity contribution in [3.63, 3.8) is 0 Å². The van der Waals surface area contributed by atoms with Crippen molar-refractivity contribution in [1.82, 2.24) is 10.0 Å². The SMILES string of the molecule is C[C@@H](C1CCC(NS)CC1)C1SC(=O)NC1=O. The second kappa shape index (κ2) is 5.63. The van der Waals surface area contributed by atoms with E-state index in [1.165, 1.54) is 0 Å². The second-order valence-electron chi connectivity index (χ2n) is 4.92. The van der Waals surface area contributed by atoms with E-state index in [0.29, 0.717) is 12.0 Å². The summed E-state index contributed by atoms with van der Waals surface area (Å²) in [4.78, 5) is 22.8. The molecule has 96 valence electrons. The third kappa shape index (κ3) is 2.98. The Morgan fingerprint density at radius 3 is 2.47 bits per heavy atom. The molecule has 1 saturated carbocycles. The number of thioether (sulfide) groups is 1. The van der Waals surface area contributed by atoms with Gasteiger partial charge < -0.3 is 0 Å². The van der Waals surface area contributed by atoms with Crippen LogP contribution in [0.15, 0.2) is 0 Å². The van der Waals surface area contributed by atoms with Crippen LogP contribution >= 0.6 is 24.6 Å². The molecule has 0 aromatic rings. The highest BCUT2D eigenvalue weighted by Crippen LogP contribution is 2.37. The van der Waals surface area contributed by atoms with Crippen LogP contribution in [0.1, 0.15) is 32.6 Å². The molecule has 17 heavy (non-hydrogen) atoms. The van der Waals surface area contributed by atoms with Crippen LogP contribution in [0, 0.1) is 11.8 Å². The Bertz CT molecular complexity index is 317. The molecule has 2 fully saturated rings. The number of carbonyl (C=O) groups excluding carboxylic acids is 2. The van der Waals surface area contributed by atoms with Crippen molar-refractivity contribution in [3.05, 3.63) is 0 Å². The van der Waals surface area contributed by atoms with Crippen molar-refractivity contribution in [1.29, 1.82) is 0 Å². The molecule has 1 heterocycles. The first-order valence-electron chi connectivity index (χ1n) is 6.03. The van der Waals surface area contributed by atoms with Gasteiger partial charge in [-0.2, -0.15) is 0 Å². The van der Waals surface area contributed by atoms with Crippen molar-refractivity contribution in [2.24, 2.45) is 11.8 Å². The van der Waals surface area contributed by atoms with Crippen LogP contribution in [0.3, 0.4) is 0 Å². The van der Waals surface area contributed by atoms with E-state index in [4.69, 9.17) is 0 Å². The van der Waals surface area contributed by atoms with Gasteiger partial charge in [0, 0.05) is 6.04 Å². The third-order valence-electron chi connectivity index (χ3n) is 3.89. The molecule has 0 aromatic carbocycles. The summed E-state index contributed by atoms with van der Waals surface area (Å²) in [6, 6.07) is 0.494. The normalized spacial score (nSPS) is 35.8. The summed E-state index contributed by atoms with van der Waals surface area (Å²) in [5.74, 6) is 0.705. The van der Waals surface area contributed by atoms with E-state index >= 15 is 0 Å². The van der Waals surface area contributed by atoms with Gasteiger partial charge in [0.1, 0.15) is 0 Å². The summed E-state index contributed by atoms with van der Waals surface area (Å²) in [6.45, 7) is 2.09. The molecule has 2 atom stereocenters. The molecule has 4 nitrogen and oxygen atoms in total. The second-order valence-corrected chi connectivity index (χ2v) is 6.29. The minimum Gasteiger partial charge on any atom is -0.286 e. The van der Waals surface area contributed by atoms with Gasteiger partial charge >= 0.3 is 0 Å². The summed E-state index contributed by atoms with van der Waals surface area (Å²) in [5, 5.41) is 1.98. The summed E-state index contributed by atoms with van der Waals surface area (Å²) in [5.41, 5.74) is 0. The van der Waals surface area contributed by atoms with Gasteiger partial charge in [0.2, 0.25) is 5.91 Å². The maximum Gasteiger partial charge on any atom is 0.286 e. The van der Waals surface area contributed by atoms with Gasteiger partial charge in [-0.3, -0.25) is 19.6 Å². The van der Waals surface area contributed by atoms with E-state index in [0.717, 1.165) is 37.4 Å². The maximum absolute atomic E-state index is 11.6. The molecule has 2 N–H and O–H groups in total. The van der Waals surface area contributed by atoms with Gasteiger partial charge in [0.25, 0.3) is 5.24 Å². The largest absolute Gasteiger partial charge is 0.286 e. The van der Waals surface area contributed by atoms with E-state index < -0.39 is 0 Å². The summed E-state index contributed by atoms with van der Waals surface area (Å²) in [6.07, 6.45) is 4.42. The van der Waals surface area contributed by atoms with Crippen LogP contribution in [0.2, 0.25) is 0 Å². The molecule has 2 amide bonds.